The van der Waals surface area contributed by atoms with Gasteiger partial charge in [0.25, 0.3) is 0 Å². The van der Waals surface area contributed by atoms with Gasteiger partial charge >= 0.3 is 0 Å². The highest BCUT2D eigenvalue weighted by Gasteiger charge is 2.53. The van der Waals surface area contributed by atoms with Gasteiger partial charge in [-0.05, 0) is 46.0 Å². The molecule has 0 saturated heterocycles. The number of fused-ring (bicyclic) bond motifs is 11. The minimum absolute atomic E-state index is 0.522. The van der Waals surface area contributed by atoms with Gasteiger partial charge < -0.3 is 4.74 Å². The first kappa shape index (κ1) is 30.4. The fraction of sp³-hybridized carbons (Fsp3) is 0.0204. The Hall–Kier alpha value is -7.24. The third-order valence-corrected chi connectivity index (χ3v) is 10.8. The van der Waals surface area contributed by atoms with E-state index in [9.17, 15) is 0 Å². The normalized spacial score (nSPS) is 13.1. The van der Waals surface area contributed by atoms with Crippen LogP contribution in [0.15, 0.2) is 182 Å². The maximum Gasteiger partial charge on any atom is 0.183 e. The molecule has 0 fully saturated rings. The zero-order chi connectivity index (χ0) is 35.6. The number of hydrogen-bond acceptors (Lipinski definition) is 5. The molecule has 7 aromatic carbocycles. The van der Waals surface area contributed by atoms with Crippen molar-refractivity contribution in [1.29, 1.82) is 0 Å². The monoisotopic (exact) mass is 690 g/mol. The van der Waals surface area contributed by atoms with Crippen LogP contribution in [0.3, 0.4) is 0 Å². The minimum atomic E-state index is -0.681. The molecule has 1 spiro atoms. The first-order valence-corrected chi connectivity index (χ1v) is 18.1. The molecule has 0 amide bonds. The molecule has 0 saturated carbocycles. The van der Waals surface area contributed by atoms with Crippen molar-refractivity contribution in [2.24, 2.45) is 0 Å². The zero-order valence-corrected chi connectivity index (χ0v) is 29.0. The van der Waals surface area contributed by atoms with E-state index < -0.39 is 5.41 Å². The second-order valence-electron chi connectivity index (χ2n) is 13.7. The molecule has 0 unspecified atom stereocenters. The molecule has 0 bridgehead atoms. The third-order valence-electron chi connectivity index (χ3n) is 10.8. The van der Waals surface area contributed by atoms with Gasteiger partial charge in [-0.15, -0.1) is 0 Å². The molecular formula is C49H30N4O. The van der Waals surface area contributed by atoms with Crippen LogP contribution in [0.5, 0.6) is 11.5 Å². The van der Waals surface area contributed by atoms with Gasteiger partial charge in [0.2, 0.25) is 0 Å². The molecule has 0 N–H and O–H groups in total. The molecule has 5 heteroatoms. The van der Waals surface area contributed by atoms with E-state index in [-0.39, 0.29) is 0 Å². The standard InChI is InChI=1S/C49H30N4O/c1-3-15-31(16-4-1)32-27-29-34(30-28-32)47-51-46(33-17-5-2-6-18-33)52-48(53-47)45-43-35-19-7-9-21-37(35)49(44(43)36-20-8-12-24-40(36)50-45)38-22-10-13-25-41(38)54-42-26-14-11-23-39(42)49/h1-30H. The fourth-order valence-corrected chi connectivity index (χ4v) is 8.51. The molecule has 1 aliphatic carbocycles. The summed E-state index contributed by atoms with van der Waals surface area (Å²) in [7, 11) is 0. The smallest absolute Gasteiger partial charge is 0.183 e. The van der Waals surface area contributed by atoms with E-state index in [2.05, 4.69) is 133 Å². The van der Waals surface area contributed by atoms with Gasteiger partial charge in [-0.2, -0.15) is 0 Å². The van der Waals surface area contributed by atoms with E-state index in [4.69, 9.17) is 24.7 Å². The summed E-state index contributed by atoms with van der Waals surface area (Å²) in [6.07, 6.45) is 0. The van der Waals surface area contributed by atoms with Gasteiger partial charge in [-0.3, -0.25) is 0 Å². The summed E-state index contributed by atoms with van der Waals surface area (Å²) < 4.78 is 6.64. The first-order valence-electron chi connectivity index (χ1n) is 18.1. The number of ether oxygens (including phenoxy) is 1. The van der Waals surface area contributed by atoms with Crippen molar-refractivity contribution in [3.05, 3.63) is 204 Å². The molecular weight excluding hydrogens is 661 g/mol. The molecule has 2 aliphatic rings. The summed E-state index contributed by atoms with van der Waals surface area (Å²) in [5.41, 5.74) is 11.6. The van der Waals surface area contributed by atoms with E-state index >= 15 is 0 Å². The largest absolute Gasteiger partial charge is 0.457 e. The van der Waals surface area contributed by atoms with Crippen molar-refractivity contribution in [2.45, 2.75) is 5.41 Å². The Balaban J connectivity index is 1.23. The highest BCUT2D eigenvalue weighted by molar-refractivity contribution is 6.04. The Morgan fingerprint density at radius 2 is 0.852 bits per heavy atom. The van der Waals surface area contributed by atoms with Gasteiger partial charge in [0.05, 0.1) is 10.9 Å². The van der Waals surface area contributed by atoms with Crippen LogP contribution in [0.4, 0.5) is 0 Å². The Bertz CT molecular complexity index is 2860. The number of para-hydroxylation sites is 3. The molecule has 54 heavy (non-hydrogen) atoms. The Kier molecular flexibility index (Phi) is 6.70. The lowest BCUT2D eigenvalue weighted by Gasteiger charge is -2.39. The first-order chi connectivity index (χ1) is 26.8. The van der Waals surface area contributed by atoms with Gasteiger partial charge in [-0.25, -0.2) is 19.9 Å². The maximum absolute atomic E-state index is 6.64. The summed E-state index contributed by atoms with van der Waals surface area (Å²) in [4.78, 5) is 21.0. The maximum atomic E-state index is 6.64. The second-order valence-corrected chi connectivity index (χ2v) is 13.7. The summed E-state index contributed by atoms with van der Waals surface area (Å²) in [5, 5.41) is 1.08. The Morgan fingerprint density at radius 3 is 1.54 bits per heavy atom. The highest BCUT2D eigenvalue weighted by Crippen LogP contribution is 2.64. The van der Waals surface area contributed by atoms with Crippen molar-refractivity contribution in [3.8, 4) is 68.0 Å². The summed E-state index contributed by atoms with van der Waals surface area (Å²) in [5.74, 6) is 3.38. The van der Waals surface area contributed by atoms with E-state index in [0.29, 0.717) is 17.5 Å². The van der Waals surface area contributed by atoms with Crippen molar-refractivity contribution in [3.63, 3.8) is 0 Å². The SMILES string of the molecule is c1ccc(-c2ccc(-c3nc(-c4ccccc4)nc(-c4nc5ccccc5c5c4-c4ccccc4C54c5ccccc5Oc5ccccc54)n3)cc2)cc1. The van der Waals surface area contributed by atoms with Crippen LogP contribution >= 0.6 is 0 Å². The molecule has 2 aromatic heterocycles. The number of benzene rings is 7. The summed E-state index contributed by atoms with van der Waals surface area (Å²) >= 11 is 0. The predicted octanol–water partition coefficient (Wildman–Crippen LogP) is 11.6. The van der Waals surface area contributed by atoms with Crippen LogP contribution in [-0.2, 0) is 5.41 Å². The predicted molar refractivity (Wildman–Crippen MR) is 214 cm³/mol. The average Bonchev–Trinajstić information content (AvgIpc) is 3.55. The van der Waals surface area contributed by atoms with Gasteiger partial charge in [0.15, 0.2) is 17.5 Å². The molecule has 5 nitrogen and oxygen atoms in total. The molecule has 9 aromatic rings. The lowest BCUT2D eigenvalue weighted by atomic mass is 9.65. The number of nitrogens with zero attached hydrogens (tertiary/aromatic N) is 4. The van der Waals surface area contributed by atoms with Gasteiger partial charge in [-0.1, -0.05) is 164 Å². The lowest BCUT2D eigenvalue weighted by Crippen LogP contribution is -2.32. The number of rotatable bonds is 4. The van der Waals surface area contributed by atoms with E-state index in [1.807, 2.05) is 48.5 Å². The molecule has 3 heterocycles. The van der Waals surface area contributed by atoms with E-state index in [1.54, 1.807) is 0 Å². The lowest BCUT2D eigenvalue weighted by molar-refractivity contribution is 0.437. The number of hydrogen-bond donors (Lipinski definition) is 0. The fourth-order valence-electron chi connectivity index (χ4n) is 8.51. The molecule has 0 radical (unpaired) electrons. The quantitative estimate of drug-likeness (QED) is 0.184. The van der Waals surface area contributed by atoms with E-state index in [1.165, 1.54) is 5.56 Å². The van der Waals surface area contributed by atoms with Crippen LogP contribution in [0.25, 0.3) is 67.5 Å². The van der Waals surface area contributed by atoms with Crippen molar-refractivity contribution in [2.75, 3.05) is 0 Å². The summed E-state index contributed by atoms with van der Waals surface area (Å²) in [6, 6.07) is 63.0. The Labute approximate surface area is 312 Å². The Morgan fingerprint density at radius 1 is 0.370 bits per heavy atom. The van der Waals surface area contributed by atoms with Crippen molar-refractivity contribution < 1.29 is 4.74 Å². The minimum Gasteiger partial charge on any atom is -0.457 e. The third kappa shape index (κ3) is 4.45. The highest BCUT2D eigenvalue weighted by atomic mass is 16.5. The van der Waals surface area contributed by atoms with Crippen LogP contribution in [-0.4, -0.2) is 19.9 Å². The topological polar surface area (TPSA) is 60.8 Å². The molecule has 11 rings (SSSR count). The van der Waals surface area contributed by atoms with Crippen LogP contribution < -0.4 is 4.74 Å². The van der Waals surface area contributed by atoms with Crippen LogP contribution in [0.2, 0.25) is 0 Å². The molecule has 252 valence electrons. The summed E-state index contributed by atoms with van der Waals surface area (Å²) in [6.45, 7) is 0. The number of pyridine rings is 1. The number of aromatic nitrogens is 4. The molecule has 0 atom stereocenters. The van der Waals surface area contributed by atoms with E-state index in [0.717, 1.165) is 78.2 Å². The van der Waals surface area contributed by atoms with Gasteiger partial charge in [0.1, 0.15) is 17.2 Å². The zero-order valence-electron chi connectivity index (χ0n) is 29.0. The van der Waals surface area contributed by atoms with Crippen LogP contribution in [0.1, 0.15) is 22.3 Å². The average molecular weight is 691 g/mol. The van der Waals surface area contributed by atoms with Crippen LogP contribution in [0, 0.1) is 0 Å². The van der Waals surface area contributed by atoms with Gasteiger partial charge in [0, 0.05) is 33.2 Å². The second kappa shape index (κ2) is 11.9. The van der Waals surface area contributed by atoms with Crippen molar-refractivity contribution >= 4 is 10.9 Å². The van der Waals surface area contributed by atoms with Crippen molar-refractivity contribution in [1.82, 2.24) is 19.9 Å². The molecule has 1 aliphatic heterocycles.